The minimum Gasteiger partial charge on any atom is -0.351 e. The number of carbonyl (C=O) groups excluding carboxylic acids is 1. The average Bonchev–Trinajstić information content (AvgIpc) is 2.92. The second-order valence-corrected chi connectivity index (χ2v) is 9.30. The summed E-state index contributed by atoms with van der Waals surface area (Å²) in [6, 6.07) is 5.74. The summed E-state index contributed by atoms with van der Waals surface area (Å²) < 4.78 is 42.4. The molecule has 0 radical (unpaired) electrons. The number of ketones is 1. The molecule has 152 valence electrons. The van der Waals surface area contributed by atoms with Crippen LogP contribution in [-0.2, 0) is 17.1 Å². The highest BCUT2D eigenvalue weighted by Crippen LogP contribution is 2.21. The lowest BCUT2D eigenvalue weighted by atomic mass is 10.1. The molecule has 8 heteroatoms. The standard InChI is InChI=1S/C20H26FN3O3S/c1-14-11-17(5-6-19(14)21)28(26,27)24-9-7-23(8-10-24)13-20(25)18-12-15(2)22(4)16(18)3/h5-6,11-12H,7-10,13H2,1-4H3. The zero-order chi connectivity index (χ0) is 20.6. The van der Waals surface area contributed by atoms with E-state index in [9.17, 15) is 17.6 Å². The highest BCUT2D eigenvalue weighted by Gasteiger charge is 2.29. The predicted octanol–water partition coefficient (Wildman–Crippen LogP) is 2.28. The number of hydrogen-bond acceptors (Lipinski definition) is 4. The molecule has 0 unspecified atom stereocenters. The molecule has 2 aromatic rings. The van der Waals surface area contributed by atoms with Gasteiger partial charge in [-0.1, -0.05) is 0 Å². The van der Waals surface area contributed by atoms with Crippen LogP contribution in [0.1, 0.15) is 27.3 Å². The smallest absolute Gasteiger partial charge is 0.243 e. The number of aromatic nitrogens is 1. The van der Waals surface area contributed by atoms with Crippen LogP contribution in [0.15, 0.2) is 29.2 Å². The van der Waals surface area contributed by atoms with E-state index in [1.165, 1.54) is 22.5 Å². The third kappa shape index (κ3) is 3.90. The molecule has 28 heavy (non-hydrogen) atoms. The third-order valence-electron chi connectivity index (χ3n) is 5.54. The Labute approximate surface area is 165 Å². The maximum Gasteiger partial charge on any atom is 0.243 e. The second-order valence-electron chi connectivity index (χ2n) is 7.36. The van der Waals surface area contributed by atoms with Gasteiger partial charge < -0.3 is 4.57 Å². The molecule has 0 amide bonds. The highest BCUT2D eigenvalue weighted by molar-refractivity contribution is 7.89. The minimum absolute atomic E-state index is 0.0478. The molecule has 1 aromatic heterocycles. The normalized spacial score (nSPS) is 16.5. The van der Waals surface area contributed by atoms with Crippen molar-refractivity contribution in [3.63, 3.8) is 0 Å². The minimum atomic E-state index is -3.66. The molecule has 1 aliphatic rings. The summed E-state index contributed by atoms with van der Waals surface area (Å²) in [7, 11) is -1.73. The molecule has 0 N–H and O–H groups in total. The number of piperazine rings is 1. The summed E-state index contributed by atoms with van der Waals surface area (Å²) >= 11 is 0. The van der Waals surface area contributed by atoms with E-state index in [-0.39, 0.29) is 17.2 Å². The molecule has 0 spiro atoms. The van der Waals surface area contributed by atoms with E-state index in [2.05, 4.69) is 0 Å². The van der Waals surface area contributed by atoms with Crippen LogP contribution in [0.5, 0.6) is 0 Å². The summed E-state index contributed by atoms with van der Waals surface area (Å²) in [4.78, 5) is 14.7. The van der Waals surface area contributed by atoms with E-state index in [0.29, 0.717) is 31.7 Å². The van der Waals surface area contributed by atoms with Gasteiger partial charge >= 0.3 is 0 Å². The molecule has 0 atom stereocenters. The molecule has 6 nitrogen and oxygen atoms in total. The fraction of sp³-hybridized carbons (Fsp3) is 0.450. The topological polar surface area (TPSA) is 62.6 Å². The van der Waals surface area contributed by atoms with Crippen LogP contribution in [0.25, 0.3) is 0 Å². The Morgan fingerprint density at radius 2 is 1.71 bits per heavy atom. The van der Waals surface area contributed by atoms with Gasteiger partial charge in [0.15, 0.2) is 5.78 Å². The number of rotatable bonds is 5. The zero-order valence-corrected chi connectivity index (χ0v) is 17.5. The average molecular weight is 408 g/mol. The van der Waals surface area contributed by atoms with E-state index in [0.717, 1.165) is 17.0 Å². The van der Waals surface area contributed by atoms with Gasteiger partial charge in [-0.25, -0.2) is 12.8 Å². The van der Waals surface area contributed by atoms with Gasteiger partial charge in [-0.2, -0.15) is 4.31 Å². The van der Waals surface area contributed by atoms with Gasteiger partial charge in [-0.3, -0.25) is 9.69 Å². The summed E-state index contributed by atoms with van der Waals surface area (Å²) in [5.41, 5.74) is 3.00. The second kappa shape index (κ2) is 7.77. The van der Waals surface area contributed by atoms with E-state index < -0.39 is 15.8 Å². The number of Topliss-reactive ketones (excluding diaryl/α,β-unsaturated/α-hetero) is 1. The molecule has 2 heterocycles. The fourth-order valence-electron chi connectivity index (χ4n) is 3.48. The van der Waals surface area contributed by atoms with Crippen molar-refractivity contribution >= 4 is 15.8 Å². The quantitative estimate of drug-likeness (QED) is 0.714. The lowest BCUT2D eigenvalue weighted by Gasteiger charge is -2.33. The van der Waals surface area contributed by atoms with E-state index in [1.54, 1.807) is 6.92 Å². The number of hydrogen-bond donors (Lipinski definition) is 0. The van der Waals surface area contributed by atoms with Crippen LogP contribution in [0, 0.1) is 26.6 Å². The number of sulfonamides is 1. The first-order valence-electron chi connectivity index (χ1n) is 9.26. The van der Waals surface area contributed by atoms with Crippen LogP contribution in [0.2, 0.25) is 0 Å². The number of halogens is 1. The van der Waals surface area contributed by atoms with Crippen LogP contribution in [-0.4, -0.2) is 60.7 Å². The molecular weight excluding hydrogens is 381 g/mol. The third-order valence-corrected chi connectivity index (χ3v) is 7.44. The van der Waals surface area contributed by atoms with Gasteiger partial charge in [0.2, 0.25) is 10.0 Å². The molecule has 1 aromatic carbocycles. The Bertz CT molecular complexity index is 1010. The van der Waals surface area contributed by atoms with Gasteiger partial charge in [0, 0.05) is 50.2 Å². The maximum absolute atomic E-state index is 13.4. The van der Waals surface area contributed by atoms with Crippen LogP contribution in [0.3, 0.4) is 0 Å². The summed E-state index contributed by atoms with van der Waals surface area (Å²) in [6.45, 7) is 7.28. The van der Waals surface area contributed by atoms with Gasteiger partial charge in [-0.15, -0.1) is 0 Å². The predicted molar refractivity (Wildman–Crippen MR) is 106 cm³/mol. The molecule has 1 fully saturated rings. The van der Waals surface area contributed by atoms with Crippen molar-refractivity contribution in [2.24, 2.45) is 7.05 Å². The van der Waals surface area contributed by atoms with Crippen LogP contribution < -0.4 is 0 Å². The van der Waals surface area contributed by atoms with Crippen molar-refractivity contribution in [3.05, 3.63) is 52.6 Å². The fourth-order valence-corrected chi connectivity index (χ4v) is 4.99. The number of carbonyl (C=O) groups is 1. The number of benzene rings is 1. The Hall–Kier alpha value is -2.03. The van der Waals surface area contributed by atoms with Crippen molar-refractivity contribution in [1.29, 1.82) is 0 Å². The van der Waals surface area contributed by atoms with Crippen molar-refractivity contribution in [2.75, 3.05) is 32.7 Å². The lowest BCUT2D eigenvalue weighted by molar-refractivity contribution is 0.0901. The Kier molecular flexibility index (Phi) is 5.74. The molecule has 0 bridgehead atoms. The van der Waals surface area contributed by atoms with Gasteiger partial charge in [-0.05, 0) is 50.6 Å². The first kappa shape index (κ1) is 20.7. The highest BCUT2D eigenvalue weighted by atomic mass is 32.2. The number of aryl methyl sites for hydroxylation is 2. The van der Waals surface area contributed by atoms with Crippen molar-refractivity contribution < 1.29 is 17.6 Å². The molecule has 1 saturated heterocycles. The van der Waals surface area contributed by atoms with Crippen molar-refractivity contribution in [1.82, 2.24) is 13.8 Å². The Morgan fingerprint density at radius 1 is 1.07 bits per heavy atom. The van der Waals surface area contributed by atoms with E-state index in [1.807, 2.05) is 36.4 Å². The molecule has 0 saturated carbocycles. The molecule has 3 rings (SSSR count). The lowest BCUT2D eigenvalue weighted by Crippen LogP contribution is -2.49. The van der Waals surface area contributed by atoms with Gasteiger partial charge in [0.25, 0.3) is 0 Å². The summed E-state index contributed by atoms with van der Waals surface area (Å²) in [6.07, 6.45) is 0. The zero-order valence-electron chi connectivity index (χ0n) is 16.7. The monoisotopic (exact) mass is 407 g/mol. The van der Waals surface area contributed by atoms with E-state index >= 15 is 0 Å². The molecule has 1 aliphatic heterocycles. The first-order chi connectivity index (χ1) is 13.1. The Balaban J connectivity index is 1.64. The molecule has 0 aliphatic carbocycles. The largest absolute Gasteiger partial charge is 0.351 e. The van der Waals surface area contributed by atoms with Crippen molar-refractivity contribution in [3.8, 4) is 0 Å². The van der Waals surface area contributed by atoms with Crippen LogP contribution >= 0.6 is 0 Å². The van der Waals surface area contributed by atoms with Crippen molar-refractivity contribution in [2.45, 2.75) is 25.7 Å². The summed E-state index contributed by atoms with van der Waals surface area (Å²) in [5, 5.41) is 0. The Morgan fingerprint density at radius 3 is 2.25 bits per heavy atom. The first-order valence-corrected chi connectivity index (χ1v) is 10.7. The maximum atomic E-state index is 13.4. The van der Waals surface area contributed by atoms with Crippen LogP contribution in [0.4, 0.5) is 4.39 Å². The SMILES string of the molecule is Cc1cc(S(=O)(=O)N2CCN(CC(=O)c3cc(C)n(C)c3C)CC2)ccc1F. The van der Waals surface area contributed by atoms with Gasteiger partial charge in [0.05, 0.1) is 11.4 Å². The summed E-state index contributed by atoms with van der Waals surface area (Å²) in [5.74, 6) is -0.375. The molecular formula is C20H26FN3O3S. The van der Waals surface area contributed by atoms with Gasteiger partial charge in [0.1, 0.15) is 5.82 Å². The van der Waals surface area contributed by atoms with E-state index in [4.69, 9.17) is 0 Å². The number of nitrogens with zero attached hydrogens (tertiary/aromatic N) is 3.